The van der Waals surface area contributed by atoms with E-state index >= 15 is 0 Å². The van der Waals surface area contributed by atoms with Crippen molar-refractivity contribution >= 4 is 35.1 Å². The number of carboxylic acids is 1. The molecule has 0 aromatic heterocycles. The summed E-state index contributed by atoms with van der Waals surface area (Å²) in [6.45, 7) is 0. The lowest BCUT2D eigenvalue weighted by Gasteiger charge is -2.10. The van der Waals surface area contributed by atoms with E-state index < -0.39 is 29.3 Å². The molecule has 0 atom stereocenters. The molecule has 1 aliphatic heterocycles. The van der Waals surface area contributed by atoms with Crippen LogP contribution in [0, 0.1) is 0 Å². The molecule has 2 N–H and O–H groups in total. The molecule has 21 heavy (non-hydrogen) atoms. The summed E-state index contributed by atoms with van der Waals surface area (Å²) < 4.78 is 15.9. The second-order valence-electron chi connectivity index (χ2n) is 4.25. The monoisotopic (exact) mass is 307 g/mol. The van der Waals surface area contributed by atoms with Gasteiger partial charge in [-0.3, -0.25) is 9.59 Å². The number of ketones is 1. The topological polar surface area (TPSA) is 87.0 Å². The van der Waals surface area contributed by atoms with Crippen LogP contribution in [0.5, 0.6) is 0 Å². The smallest absolute Gasteiger partial charge is 0.303 e. The van der Waals surface area contributed by atoms with Gasteiger partial charge >= 0.3 is 5.97 Å². The highest BCUT2D eigenvalue weighted by atomic mass is 35.5. The average molecular weight is 308 g/mol. The van der Waals surface area contributed by atoms with Gasteiger partial charge in [0.1, 0.15) is 11.5 Å². The fourth-order valence-corrected chi connectivity index (χ4v) is 1.87. The number of halogens is 1. The average Bonchev–Trinajstić information content (AvgIpc) is 2.48. The summed E-state index contributed by atoms with van der Waals surface area (Å²) in [6.07, 6.45) is -1.05. The number of nitrogens with zero attached hydrogens (tertiary/aromatic N) is 1. The predicted octanol–water partition coefficient (Wildman–Crippen LogP) is 3.01. The van der Waals surface area contributed by atoms with Gasteiger partial charge in [0, 0.05) is 23.2 Å². The minimum Gasteiger partial charge on any atom is -0.510 e. The first-order valence-electron chi connectivity index (χ1n) is 7.02. The van der Waals surface area contributed by atoms with Crippen LogP contribution in [0.2, 0.25) is 5.02 Å². The van der Waals surface area contributed by atoms with Gasteiger partial charge in [-0.25, -0.2) is 4.99 Å². The Labute approximate surface area is 128 Å². The van der Waals surface area contributed by atoms with Gasteiger partial charge in [-0.2, -0.15) is 0 Å². The van der Waals surface area contributed by atoms with Gasteiger partial charge in [0.25, 0.3) is 0 Å². The van der Waals surface area contributed by atoms with Crippen LogP contribution in [0.1, 0.15) is 21.1 Å². The van der Waals surface area contributed by atoms with E-state index in [2.05, 4.69) is 4.99 Å². The van der Waals surface area contributed by atoms with Crippen LogP contribution < -0.4 is 0 Å². The number of carbonyl (C=O) groups is 2. The Kier molecular flexibility index (Phi) is 3.74. The molecule has 0 aliphatic carbocycles. The summed E-state index contributed by atoms with van der Waals surface area (Å²) in [5.74, 6) is -2.55. The summed E-state index contributed by atoms with van der Waals surface area (Å²) in [7, 11) is 0. The van der Waals surface area contributed by atoms with E-state index in [0.717, 1.165) is 0 Å². The number of hydrogen-bond donors (Lipinski definition) is 2. The standard InChI is InChI=1S/C15H12ClNO4/c16-11-3-1-2-9(6-11)10-7-13(19)15(17-8-10)12(18)4-5-14(20)21/h1-3,6-8,18H,4-5H2,(H,20,21)/i7D,8D. The summed E-state index contributed by atoms with van der Waals surface area (Å²) in [6, 6.07) is 5.83. The van der Waals surface area contributed by atoms with Gasteiger partial charge in [-0.1, -0.05) is 23.7 Å². The molecular weight excluding hydrogens is 294 g/mol. The summed E-state index contributed by atoms with van der Waals surface area (Å²) in [5.41, 5.74) is -0.0620. The molecule has 108 valence electrons. The minimum absolute atomic E-state index is 0.00674. The molecule has 5 nitrogen and oxygen atoms in total. The third-order valence-corrected chi connectivity index (χ3v) is 2.93. The van der Waals surface area contributed by atoms with Crippen LogP contribution in [0.4, 0.5) is 0 Å². The maximum absolute atomic E-state index is 12.2. The Morgan fingerprint density at radius 3 is 2.76 bits per heavy atom. The Morgan fingerprint density at radius 2 is 2.10 bits per heavy atom. The molecule has 0 unspecified atom stereocenters. The number of dihydropyridines is 1. The summed E-state index contributed by atoms with van der Waals surface area (Å²) >= 11 is 5.87. The molecule has 0 spiro atoms. The SMILES string of the molecule is [2H]C1=NC(=C(O)CCC(=O)O)C(=O)C([2H])=C1c1cccc(Cl)c1. The second kappa shape index (κ2) is 6.37. The van der Waals surface area contributed by atoms with Crippen molar-refractivity contribution in [1.29, 1.82) is 0 Å². The number of allylic oxidation sites excluding steroid dienone is 3. The quantitative estimate of drug-likeness (QED) is 0.661. The highest BCUT2D eigenvalue weighted by Gasteiger charge is 2.18. The number of hydrogen-bond acceptors (Lipinski definition) is 4. The van der Waals surface area contributed by atoms with E-state index in [1.807, 2.05) is 0 Å². The maximum Gasteiger partial charge on any atom is 0.303 e. The molecule has 1 aromatic rings. The molecule has 0 amide bonds. The molecule has 0 saturated heterocycles. The van der Waals surface area contributed by atoms with Crippen LogP contribution >= 0.6 is 11.6 Å². The molecular formula is C15H12ClNO4. The third kappa shape index (κ3) is 3.79. The van der Waals surface area contributed by atoms with E-state index in [4.69, 9.17) is 19.4 Å². The summed E-state index contributed by atoms with van der Waals surface area (Å²) in [5, 5.41) is 18.8. The molecule has 1 aromatic carbocycles. The van der Waals surface area contributed by atoms with Gasteiger partial charge in [0.15, 0.2) is 0 Å². The minimum atomic E-state index is -1.14. The highest BCUT2D eigenvalue weighted by Crippen LogP contribution is 2.23. The van der Waals surface area contributed by atoms with Gasteiger partial charge in [0.05, 0.1) is 9.16 Å². The highest BCUT2D eigenvalue weighted by molar-refractivity contribution is 6.31. The molecule has 0 fully saturated rings. The van der Waals surface area contributed by atoms with Gasteiger partial charge in [0.2, 0.25) is 5.78 Å². The fourth-order valence-electron chi connectivity index (χ4n) is 1.68. The van der Waals surface area contributed by atoms with Crippen LogP contribution in [-0.2, 0) is 9.59 Å². The lowest BCUT2D eigenvalue weighted by atomic mass is 10.0. The second-order valence-corrected chi connectivity index (χ2v) is 4.69. The Morgan fingerprint density at radius 1 is 1.33 bits per heavy atom. The largest absolute Gasteiger partial charge is 0.510 e. The molecule has 1 heterocycles. The molecule has 2 rings (SSSR count). The normalized spacial score (nSPS) is 18.9. The number of benzene rings is 1. The Bertz CT molecular complexity index is 783. The first-order valence-corrected chi connectivity index (χ1v) is 6.40. The van der Waals surface area contributed by atoms with Crippen molar-refractivity contribution in [1.82, 2.24) is 0 Å². The number of aliphatic carboxylic acids is 1. The van der Waals surface area contributed by atoms with Crippen molar-refractivity contribution in [3.8, 4) is 0 Å². The van der Waals surface area contributed by atoms with E-state index in [1.165, 1.54) is 6.07 Å². The van der Waals surface area contributed by atoms with E-state index in [0.29, 0.717) is 10.6 Å². The van der Waals surface area contributed by atoms with Gasteiger partial charge in [-0.05, 0) is 23.7 Å². The molecule has 0 bridgehead atoms. The van der Waals surface area contributed by atoms with Crippen molar-refractivity contribution in [2.75, 3.05) is 0 Å². The number of carboxylic acid groups (broad SMARTS) is 1. The van der Waals surface area contributed by atoms with Crippen LogP contribution in [0.15, 0.2) is 46.8 Å². The molecule has 6 heteroatoms. The number of aliphatic hydroxyl groups excluding tert-OH is 1. The van der Waals surface area contributed by atoms with Crippen LogP contribution in [0.3, 0.4) is 0 Å². The van der Waals surface area contributed by atoms with Crippen molar-refractivity contribution in [2.45, 2.75) is 12.8 Å². The zero-order valence-corrected chi connectivity index (χ0v) is 11.5. The van der Waals surface area contributed by atoms with Gasteiger partial charge < -0.3 is 10.2 Å². The van der Waals surface area contributed by atoms with Crippen molar-refractivity contribution < 1.29 is 22.5 Å². The summed E-state index contributed by atoms with van der Waals surface area (Å²) in [4.78, 5) is 26.4. The fraction of sp³-hybridized carbons (Fsp3) is 0.133. The van der Waals surface area contributed by atoms with Crippen LogP contribution in [-0.4, -0.2) is 28.2 Å². The maximum atomic E-state index is 12.2. The van der Waals surface area contributed by atoms with Crippen molar-refractivity contribution in [3.63, 3.8) is 0 Å². The van der Waals surface area contributed by atoms with Crippen molar-refractivity contribution in [3.05, 3.63) is 52.4 Å². The first-order chi connectivity index (χ1) is 10.8. The van der Waals surface area contributed by atoms with E-state index in [9.17, 15) is 14.7 Å². The third-order valence-electron chi connectivity index (χ3n) is 2.70. The van der Waals surface area contributed by atoms with Crippen molar-refractivity contribution in [2.24, 2.45) is 4.99 Å². The van der Waals surface area contributed by atoms with Crippen LogP contribution in [0.25, 0.3) is 5.57 Å². The first kappa shape index (κ1) is 12.3. The number of aliphatic hydroxyl groups is 1. The molecule has 1 aliphatic rings. The van der Waals surface area contributed by atoms with Gasteiger partial charge in [-0.15, -0.1) is 0 Å². The molecule has 0 radical (unpaired) electrons. The zero-order chi connectivity index (χ0) is 17.1. The Balaban J connectivity index is 2.44. The number of carbonyl (C=O) groups excluding carboxylic acids is 1. The predicted molar refractivity (Wildman–Crippen MR) is 79.5 cm³/mol. The lowest BCUT2D eigenvalue weighted by molar-refractivity contribution is -0.137. The number of rotatable bonds is 4. The Hall–Kier alpha value is -2.40. The number of aliphatic imine (C=N–C) groups is 1. The lowest BCUT2D eigenvalue weighted by Crippen LogP contribution is -2.08. The molecule has 0 saturated carbocycles. The van der Waals surface area contributed by atoms with E-state index in [1.54, 1.807) is 18.2 Å². The van der Waals surface area contributed by atoms with E-state index in [-0.39, 0.29) is 24.6 Å². The zero-order valence-electron chi connectivity index (χ0n) is 12.8.